The Kier molecular flexibility index (Phi) is 5.91. The van der Waals surface area contributed by atoms with Crippen molar-refractivity contribution in [2.24, 2.45) is 0 Å². The molecule has 6 heteroatoms. The number of methoxy groups -OCH3 is 1. The molecule has 1 aliphatic heterocycles. The molecule has 0 amide bonds. The van der Waals surface area contributed by atoms with Crippen LogP contribution in [-0.4, -0.2) is 25.5 Å². The zero-order chi connectivity index (χ0) is 22.7. The topological polar surface area (TPSA) is 85.6 Å². The lowest BCUT2D eigenvalue weighted by Crippen LogP contribution is -2.17. The van der Waals surface area contributed by atoms with E-state index >= 15 is 0 Å². The molecule has 3 aromatic carbocycles. The summed E-state index contributed by atoms with van der Waals surface area (Å²) in [5.41, 5.74) is 3.95. The average Bonchev–Trinajstić information content (AvgIpc) is 2.84. The molecule has 0 N–H and O–H groups in total. The highest BCUT2D eigenvalue weighted by molar-refractivity contribution is 6.00. The van der Waals surface area contributed by atoms with E-state index in [1.807, 2.05) is 31.2 Å². The molecule has 3 aromatic rings. The molecule has 1 heterocycles. The van der Waals surface area contributed by atoms with Crippen LogP contribution >= 0.6 is 0 Å². The van der Waals surface area contributed by atoms with Crippen LogP contribution in [0.15, 0.2) is 60.7 Å². The third-order valence-corrected chi connectivity index (χ3v) is 5.45. The van der Waals surface area contributed by atoms with Gasteiger partial charge in [-0.3, -0.25) is 4.79 Å². The van der Waals surface area contributed by atoms with Crippen molar-refractivity contribution in [3.8, 4) is 17.6 Å². The number of nitrogens with zero attached hydrogens (tertiary/aromatic N) is 1. The van der Waals surface area contributed by atoms with E-state index in [2.05, 4.69) is 6.07 Å². The molecule has 0 saturated heterocycles. The van der Waals surface area contributed by atoms with Gasteiger partial charge in [0.15, 0.2) is 5.78 Å². The van der Waals surface area contributed by atoms with Crippen LogP contribution < -0.4 is 9.47 Å². The minimum atomic E-state index is -0.509. The summed E-state index contributed by atoms with van der Waals surface area (Å²) in [6.45, 7) is 2.22. The lowest BCUT2D eigenvalue weighted by Gasteiger charge is -2.24. The van der Waals surface area contributed by atoms with Gasteiger partial charge in [0.1, 0.15) is 17.6 Å². The Hall–Kier alpha value is -4.11. The fourth-order valence-corrected chi connectivity index (χ4v) is 3.69. The lowest BCUT2D eigenvalue weighted by atomic mass is 9.98. The largest absolute Gasteiger partial charge is 0.492 e. The first kappa shape index (κ1) is 21.1. The quantitative estimate of drug-likeness (QED) is 0.545. The predicted molar refractivity (Wildman–Crippen MR) is 117 cm³/mol. The van der Waals surface area contributed by atoms with Gasteiger partial charge < -0.3 is 14.2 Å². The Morgan fingerprint density at radius 1 is 1.03 bits per heavy atom. The average molecular weight is 427 g/mol. The Bertz CT molecular complexity index is 1210. The van der Waals surface area contributed by atoms with E-state index in [1.165, 1.54) is 7.11 Å². The zero-order valence-electron chi connectivity index (χ0n) is 17.8. The molecule has 0 saturated carbocycles. The number of benzene rings is 3. The number of carbonyl (C=O) groups excluding carboxylic acids is 2. The van der Waals surface area contributed by atoms with E-state index < -0.39 is 12.1 Å². The second-order valence-corrected chi connectivity index (χ2v) is 7.43. The molecule has 1 aliphatic rings. The maximum absolute atomic E-state index is 12.2. The Morgan fingerprint density at radius 3 is 2.31 bits per heavy atom. The normalized spacial score (nSPS) is 13.3. The maximum atomic E-state index is 12.2. The highest BCUT2D eigenvalue weighted by Crippen LogP contribution is 2.38. The molecular weight excluding hydrogens is 406 g/mol. The van der Waals surface area contributed by atoms with E-state index in [-0.39, 0.29) is 5.78 Å². The Labute approximate surface area is 186 Å². The first-order chi connectivity index (χ1) is 15.5. The summed E-state index contributed by atoms with van der Waals surface area (Å²) < 4.78 is 17.0. The number of hydrogen-bond donors (Lipinski definition) is 0. The van der Waals surface area contributed by atoms with Crippen molar-refractivity contribution in [1.82, 2.24) is 0 Å². The second kappa shape index (κ2) is 8.94. The van der Waals surface area contributed by atoms with Gasteiger partial charge in [0.25, 0.3) is 0 Å². The minimum Gasteiger partial charge on any atom is -0.492 e. The maximum Gasteiger partial charge on any atom is 0.337 e. The summed E-state index contributed by atoms with van der Waals surface area (Å²) in [6, 6.07) is 19.7. The van der Waals surface area contributed by atoms with Crippen LogP contribution in [0, 0.1) is 18.3 Å². The molecule has 0 fully saturated rings. The molecule has 6 nitrogen and oxygen atoms in total. The fourth-order valence-electron chi connectivity index (χ4n) is 3.69. The molecule has 1 unspecified atom stereocenters. The van der Waals surface area contributed by atoms with E-state index in [0.29, 0.717) is 41.2 Å². The molecule has 1 atom stereocenters. The molecule has 0 spiro atoms. The summed E-state index contributed by atoms with van der Waals surface area (Å²) in [5.74, 6) is 0.783. The molecular formula is C26H21NO5. The number of Topliss-reactive ketones (excluding diaryl/α,β-unsaturated/α-hetero) is 1. The van der Waals surface area contributed by atoms with Crippen LogP contribution in [0.5, 0.6) is 11.5 Å². The van der Waals surface area contributed by atoms with Crippen molar-refractivity contribution in [2.75, 3.05) is 13.7 Å². The van der Waals surface area contributed by atoms with Gasteiger partial charge in [-0.05, 0) is 54.4 Å². The Morgan fingerprint density at radius 2 is 1.69 bits per heavy atom. The monoisotopic (exact) mass is 427 g/mol. The van der Waals surface area contributed by atoms with Crippen molar-refractivity contribution in [1.29, 1.82) is 5.26 Å². The SMILES string of the molecule is COC(=O)c1ccc(C(Oc2ccc3c(c2C)OCCC3=O)c2ccc(C#N)cc2)cc1. The molecule has 0 aliphatic carbocycles. The molecule has 32 heavy (non-hydrogen) atoms. The number of carbonyl (C=O) groups is 2. The van der Waals surface area contributed by atoms with E-state index in [4.69, 9.17) is 19.5 Å². The van der Waals surface area contributed by atoms with Crippen LogP contribution in [0.3, 0.4) is 0 Å². The van der Waals surface area contributed by atoms with Crippen LogP contribution in [0.25, 0.3) is 0 Å². The molecule has 0 bridgehead atoms. The van der Waals surface area contributed by atoms with E-state index in [9.17, 15) is 9.59 Å². The van der Waals surface area contributed by atoms with Gasteiger partial charge in [0.2, 0.25) is 0 Å². The Balaban J connectivity index is 1.74. The zero-order valence-corrected chi connectivity index (χ0v) is 17.8. The number of nitriles is 1. The van der Waals surface area contributed by atoms with Crippen LogP contribution in [0.1, 0.15) is 55.5 Å². The number of esters is 1. The van der Waals surface area contributed by atoms with Gasteiger partial charge >= 0.3 is 5.97 Å². The smallest absolute Gasteiger partial charge is 0.337 e. The van der Waals surface area contributed by atoms with Crippen molar-refractivity contribution in [2.45, 2.75) is 19.4 Å². The minimum absolute atomic E-state index is 0.0583. The van der Waals surface area contributed by atoms with Crippen LogP contribution in [0.4, 0.5) is 0 Å². The number of fused-ring (bicyclic) bond motifs is 1. The van der Waals surface area contributed by atoms with Gasteiger partial charge in [-0.2, -0.15) is 5.26 Å². The molecule has 4 rings (SSSR count). The van der Waals surface area contributed by atoms with Crippen molar-refractivity contribution in [3.63, 3.8) is 0 Å². The summed E-state index contributed by atoms with van der Waals surface area (Å²) in [4.78, 5) is 24.0. The molecule has 0 aromatic heterocycles. The van der Waals surface area contributed by atoms with Gasteiger partial charge in [-0.15, -0.1) is 0 Å². The fraction of sp³-hybridized carbons (Fsp3) is 0.192. The summed E-state index contributed by atoms with van der Waals surface area (Å²) in [7, 11) is 1.34. The number of ether oxygens (including phenoxy) is 3. The van der Waals surface area contributed by atoms with Gasteiger partial charge in [0, 0.05) is 12.0 Å². The highest BCUT2D eigenvalue weighted by atomic mass is 16.5. The third kappa shape index (κ3) is 4.06. The van der Waals surface area contributed by atoms with Crippen LogP contribution in [-0.2, 0) is 4.74 Å². The number of hydrogen-bond acceptors (Lipinski definition) is 6. The first-order valence-corrected chi connectivity index (χ1v) is 10.2. The van der Waals surface area contributed by atoms with E-state index in [0.717, 1.165) is 16.7 Å². The van der Waals surface area contributed by atoms with Gasteiger partial charge in [-0.1, -0.05) is 24.3 Å². The first-order valence-electron chi connectivity index (χ1n) is 10.2. The second-order valence-electron chi connectivity index (χ2n) is 7.43. The van der Waals surface area contributed by atoms with Crippen molar-refractivity contribution < 1.29 is 23.8 Å². The summed E-state index contributed by atoms with van der Waals surface area (Å²) in [6.07, 6.45) is -0.141. The van der Waals surface area contributed by atoms with Crippen molar-refractivity contribution >= 4 is 11.8 Å². The van der Waals surface area contributed by atoms with Crippen LogP contribution in [0.2, 0.25) is 0 Å². The molecule has 0 radical (unpaired) electrons. The third-order valence-electron chi connectivity index (χ3n) is 5.45. The molecule has 160 valence electrons. The summed E-state index contributed by atoms with van der Waals surface area (Å²) in [5, 5.41) is 9.13. The highest BCUT2D eigenvalue weighted by Gasteiger charge is 2.24. The summed E-state index contributed by atoms with van der Waals surface area (Å²) >= 11 is 0. The predicted octanol–water partition coefficient (Wildman–Crippen LogP) is 4.79. The number of rotatable bonds is 5. The van der Waals surface area contributed by atoms with Gasteiger partial charge in [0.05, 0.1) is 36.5 Å². The number of ketones is 1. The van der Waals surface area contributed by atoms with Gasteiger partial charge in [-0.25, -0.2) is 4.79 Å². The van der Waals surface area contributed by atoms with Crippen molar-refractivity contribution in [3.05, 3.63) is 94.0 Å². The van der Waals surface area contributed by atoms with E-state index in [1.54, 1.807) is 36.4 Å². The standard InChI is InChI=1S/C26H21NO5/c1-16-23(12-11-21-22(28)13-14-31-24(16)21)32-25(18-5-3-17(15-27)4-6-18)19-7-9-20(10-8-19)26(29)30-2/h3-12,25H,13-14H2,1-2H3. The lowest BCUT2D eigenvalue weighted by molar-refractivity contribution is 0.0600.